The minimum atomic E-state index is -0.389. The fraction of sp³-hybridized carbons (Fsp3) is 0.188. The first kappa shape index (κ1) is 15.4. The summed E-state index contributed by atoms with van der Waals surface area (Å²) in [6, 6.07) is 12.3. The van der Waals surface area contributed by atoms with E-state index in [1.165, 1.54) is 0 Å². The smallest absolute Gasteiger partial charge is 0.338 e. The lowest BCUT2D eigenvalue weighted by Gasteiger charge is -2.10. The van der Waals surface area contributed by atoms with E-state index in [2.05, 4.69) is 15.9 Å². The lowest BCUT2D eigenvalue weighted by Crippen LogP contribution is -2.06. The van der Waals surface area contributed by atoms with Gasteiger partial charge in [0.2, 0.25) is 0 Å². The first-order valence-electron chi connectivity index (χ1n) is 6.27. The monoisotopic (exact) mass is 350 g/mol. The molecular formula is C16H15BrO4. The first-order valence-corrected chi connectivity index (χ1v) is 7.07. The second kappa shape index (κ2) is 7.13. The second-order valence-corrected chi connectivity index (χ2v) is 5.18. The summed E-state index contributed by atoms with van der Waals surface area (Å²) in [6.07, 6.45) is 0. The van der Waals surface area contributed by atoms with Crippen LogP contribution in [0.4, 0.5) is 0 Å². The van der Waals surface area contributed by atoms with Crippen molar-refractivity contribution >= 4 is 21.9 Å². The van der Waals surface area contributed by atoms with Gasteiger partial charge in [0.15, 0.2) is 0 Å². The van der Waals surface area contributed by atoms with Crippen molar-refractivity contribution in [2.75, 3.05) is 14.2 Å². The fourth-order valence-electron chi connectivity index (χ4n) is 1.81. The van der Waals surface area contributed by atoms with Crippen LogP contribution < -0.4 is 9.47 Å². The van der Waals surface area contributed by atoms with Gasteiger partial charge in [0.25, 0.3) is 0 Å². The van der Waals surface area contributed by atoms with Crippen LogP contribution in [0.1, 0.15) is 15.9 Å². The molecule has 4 nitrogen and oxygen atoms in total. The number of esters is 1. The summed E-state index contributed by atoms with van der Waals surface area (Å²) in [5.74, 6) is 0.987. The van der Waals surface area contributed by atoms with Crippen molar-refractivity contribution in [1.82, 2.24) is 0 Å². The van der Waals surface area contributed by atoms with Crippen LogP contribution in [0.5, 0.6) is 11.5 Å². The van der Waals surface area contributed by atoms with E-state index in [4.69, 9.17) is 14.2 Å². The first-order chi connectivity index (χ1) is 10.1. The van der Waals surface area contributed by atoms with Gasteiger partial charge in [-0.05, 0) is 42.5 Å². The summed E-state index contributed by atoms with van der Waals surface area (Å²) >= 11 is 3.38. The predicted molar refractivity (Wildman–Crippen MR) is 82.8 cm³/mol. The minimum Gasteiger partial charge on any atom is -0.497 e. The molecule has 0 heterocycles. The molecule has 0 bridgehead atoms. The highest BCUT2D eigenvalue weighted by atomic mass is 79.9. The molecule has 5 heteroatoms. The Balaban J connectivity index is 2.05. The zero-order chi connectivity index (χ0) is 15.2. The molecule has 0 N–H and O–H groups in total. The Kier molecular flexibility index (Phi) is 5.22. The highest BCUT2D eigenvalue weighted by Gasteiger charge is 2.10. The lowest BCUT2D eigenvalue weighted by atomic mass is 10.2. The molecule has 21 heavy (non-hydrogen) atoms. The van der Waals surface area contributed by atoms with Gasteiger partial charge >= 0.3 is 5.97 Å². The summed E-state index contributed by atoms with van der Waals surface area (Å²) in [4.78, 5) is 12.0. The fourth-order valence-corrected chi connectivity index (χ4v) is 2.22. The van der Waals surface area contributed by atoms with Crippen LogP contribution in [0.2, 0.25) is 0 Å². The number of hydrogen-bond donors (Lipinski definition) is 0. The highest BCUT2D eigenvalue weighted by Crippen LogP contribution is 2.24. The standard InChI is InChI=1S/C16H15BrO4/c1-19-14-6-3-11(4-7-14)16(18)21-10-12-9-13(17)5-8-15(12)20-2/h3-9H,10H2,1-2H3. The van der Waals surface area contributed by atoms with Gasteiger partial charge in [-0.2, -0.15) is 0 Å². The van der Waals surface area contributed by atoms with E-state index < -0.39 is 0 Å². The Bertz CT molecular complexity index is 623. The van der Waals surface area contributed by atoms with Gasteiger partial charge in [-0.25, -0.2) is 4.79 Å². The van der Waals surface area contributed by atoms with Gasteiger partial charge in [0.05, 0.1) is 19.8 Å². The molecule has 0 aliphatic carbocycles. The van der Waals surface area contributed by atoms with Gasteiger partial charge in [0.1, 0.15) is 18.1 Å². The molecule has 0 spiro atoms. The number of carbonyl (C=O) groups excluding carboxylic acids is 1. The van der Waals surface area contributed by atoms with Crippen molar-refractivity contribution in [2.24, 2.45) is 0 Å². The van der Waals surface area contributed by atoms with Crippen LogP contribution in [-0.4, -0.2) is 20.2 Å². The SMILES string of the molecule is COc1ccc(C(=O)OCc2cc(Br)ccc2OC)cc1. The molecule has 0 atom stereocenters. The lowest BCUT2D eigenvalue weighted by molar-refractivity contribution is 0.0470. The molecule has 110 valence electrons. The molecule has 0 saturated heterocycles. The van der Waals surface area contributed by atoms with Gasteiger partial charge in [-0.1, -0.05) is 15.9 Å². The molecule has 0 unspecified atom stereocenters. The summed E-state index contributed by atoms with van der Waals surface area (Å²) in [6.45, 7) is 0.146. The summed E-state index contributed by atoms with van der Waals surface area (Å²) in [7, 11) is 3.16. The van der Waals surface area contributed by atoms with Gasteiger partial charge in [-0.3, -0.25) is 0 Å². The number of ether oxygens (including phenoxy) is 3. The molecule has 0 aromatic heterocycles. The molecule has 2 aromatic carbocycles. The molecule has 0 aliphatic rings. The Hall–Kier alpha value is -2.01. The van der Waals surface area contributed by atoms with E-state index in [0.717, 1.165) is 10.0 Å². The van der Waals surface area contributed by atoms with Crippen molar-refractivity contribution in [3.05, 3.63) is 58.1 Å². The molecule has 0 amide bonds. The number of hydrogen-bond acceptors (Lipinski definition) is 4. The zero-order valence-corrected chi connectivity index (χ0v) is 13.3. The van der Waals surface area contributed by atoms with Crippen molar-refractivity contribution < 1.29 is 19.0 Å². The van der Waals surface area contributed by atoms with E-state index in [9.17, 15) is 4.79 Å². The maximum absolute atomic E-state index is 12.0. The average Bonchev–Trinajstić information content (AvgIpc) is 2.52. The third kappa shape index (κ3) is 3.98. The van der Waals surface area contributed by atoms with E-state index in [1.54, 1.807) is 38.5 Å². The third-order valence-electron chi connectivity index (χ3n) is 2.93. The topological polar surface area (TPSA) is 44.8 Å². The largest absolute Gasteiger partial charge is 0.497 e. The van der Waals surface area contributed by atoms with Gasteiger partial charge in [0, 0.05) is 10.0 Å². The van der Waals surface area contributed by atoms with Crippen LogP contribution in [-0.2, 0) is 11.3 Å². The Morgan fingerprint density at radius 2 is 1.76 bits per heavy atom. The molecule has 0 saturated carbocycles. The van der Waals surface area contributed by atoms with Crippen LogP contribution in [0.25, 0.3) is 0 Å². The van der Waals surface area contributed by atoms with Crippen LogP contribution >= 0.6 is 15.9 Å². The molecule has 0 aliphatic heterocycles. The zero-order valence-electron chi connectivity index (χ0n) is 11.8. The quantitative estimate of drug-likeness (QED) is 0.769. The average molecular weight is 351 g/mol. The summed E-state index contributed by atoms with van der Waals surface area (Å²) in [5, 5.41) is 0. The van der Waals surface area contributed by atoms with E-state index >= 15 is 0 Å². The second-order valence-electron chi connectivity index (χ2n) is 4.26. The molecule has 0 fully saturated rings. The number of halogens is 1. The Labute approximate surface area is 131 Å². The maximum atomic E-state index is 12.0. The Morgan fingerprint density at radius 1 is 1.05 bits per heavy atom. The number of benzene rings is 2. The normalized spacial score (nSPS) is 10.0. The van der Waals surface area contributed by atoms with E-state index in [1.807, 2.05) is 18.2 Å². The summed E-state index contributed by atoms with van der Waals surface area (Å²) < 4.78 is 16.5. The predicted octanol–water partition coefficient (Wildman–Crippen LogP) is 3.82. The van der Waals surface area contributed by atoms with Crippen molar-refractivity contribution in [1.29, 1.82) is 0 Å². The minimum absolute atomic E-state index is 0.146. The molecule has 2 aromatic rings. The number of methoxy groups -OCH3 is 2. The molecule has 0 radical (unpaired) electrons. The van der Waals surface area contributed by atoms with E-state index in [0.29, 0.717) is 17.1 Å². The Morgan fingerprint density at radius 3 is 2.38 bits per heavy atom. The number of carbonyl (C=O) groups is 1. The van der Waals surface area contributed by atoms with Crippen LogP contribution in [0.3, 0.4) is 0 Å². The van der Waals surface area contributed by atoms with Gasteiger partial charge in [-0.15, -0.1) is 0 Å². The maximum Gasteiger partial charge on any atom is 0.338 e. The number of rotatable bonds is 5. The van der Waals surface area contributed by atoms with Crippen molar-refractivity contribution in [3.8, 4) is 11.5 Å². The van der Waals surface area contributed by atoms with Crippen LogP contribution in [0.15, 0.2) is 46.9 Å². The van der Waals surface area contributed by atoms with Crippen molar-refractivity contribution in [3.63, 3.8) is 0 Å². The molecule has 2 rings (SSSR count). The third-order valence-corrected chi connectivity index (χ3v) is 3.42. The molecular weight excluding hydrogens is 336 g/mol. The van der Waals surface area contributed by atoms with Gasteiger partial charge < -0.3 is 14.2 Å². The van der Waals surface area contributed by atoms with Crippen molar-refractivity contribution in [2.45, 2.75) is 6.61 Å². The van der Waals surface area contributed by atoms with Crippen LogP contribution in [0, 0.1) is 0 Å². The summed E-state index contributed by atoms with van der Waals surface area (Å²) in [5.41, 5.74) is 1.28. The highest BCUT2D eigenvalue weighted by molar-refractivity contribution is 9.10. The van der Waals surface area contributed by atoms with E-state index in [-0.39, 0.29) is 12.6 Å².